The van der Waals surface area contributed by atoms with E-state index in [0.717, 1.165) is 32.4 Å². The van der Waals surface area contributed by atoms with Gasteiger partial charge < -0.3 is 9.64 Å². The Balaban J connectivity index is 1.30. The van der Waals surface area contributed by atoms with Crippen molar-refractivity contribution in [1.29, 1.82) is 0 Å². The van der Waals surface area contributed by atoms with E-state index in [4.69, 9.17) is 4.74 Å². The van der Waals surface area contributed by atoms with Crippen molar-refractivity contribution in [2.24, 2.45) is 5.92 Å². The minimum Gasteiger partial charge on any atom is -0.481 e. The number of hydrogen-bond acceptors (Lipinski definition) is 5. The highest BCUT2D eigenvalue weighted by atomic mass is 32.2. The van der Waals surface area contributed by atoms with Gasteiger partial charge >= 0.3 is 0 Å². The van der Waals surface area contributed by atoms with Gasteiger partial charge in [0.25, 0.3) is 15.9 Å². The van der Waals surface area contributed by atoms with E-state index >= 15 is 0 Å². The summed E-state index contributed by atoms with van der Waals surface area (Å²) in [6.45, 7) is 3.25. The van der Waals surface area contributed by atoms with Gasteiger partial charge in [-0.05, 0) is 73.4 Å². The Hall–Kier alpha value is -2.84. The molecular weight excluding hydrogens is 468 g/mol. The number of nitrogens with zero attached hydrogens (tertiary/aromatic N) is 2. The third-order valence-electron chi connectivity index (χ3n) is 6.26. The molecule has 6 nitrogen and oxygen atoms in total. The SMILES string of the molecule is CC(Oc1ccc(N(C)S(=O)(=O)c2cccs2)cc1)C(=O)N1CCC(Cc2ccccc2)CC1. The van der Waals surface area contributed by atoms with Gasteiger partial charge in [-0.2, -0.15) is 0 Å². The summed E-state index contributed by atoms with van der Waals surface area (Å²) in [5, 5.41) is 1.74. The van der Waals surface area contributed by atoms with Gasteiger partial charge in [-0.1, -0.05) is 36.4 Å². The van der Waals surface area contributed by atoms with Crippen molar-refractivity contribution in [3.05, 3.63) is 77.7 Å². The van der Waals surface area contributed by atoms with Crippen LogP contribution in [0.15, 0.2) is 76.3 Å². The van der Waals surface area contributed by atoms with Crippen LogP contribution < -0.4 is 9.04 Å². The Morgan fingerprint density at radius 1 is 1.06 bits per heavy atom. The molecule has 1 aliphatic heterocycles. The van der Waals surface area contributed by atoms with Gasteiger partial charge in [0, 0.05) is 20.1 Å². The summed E-state index contributed by atoms with van der Waals surface area (Å²) < 4.78 is 32.8. The molecule has 1 unspecified atom stereocenters. The molecule has 0 N–H and O–H groups in total. The maximum Gasteiger partial charge on any atom is 0.273 e. The maximum absolute atomic E-state index is 12.9. The number of likely N-dealkylation sites (tertiary alicyclic amines) is 1. The zero-order valence-corrected chi connectivity index (χ0v) is 21.1. The number of carbonyl (C=O) groups excluding carboxylic acids is 1. The number of thiophene rings is 1. The van der Waals surface area contributed by atoms with Crippen LogP contribution in [-0.4, -0.2) is 45.5 Å². The van der Waals surface area contributed by atoms with E-state index in [0.29, 0.717) is 21.6 Å². The fourth-order valence-electron chi connectivity index (χ4n) is 4.24. The van der Waals surface area contributed by atoms with Crippen LogP contribution in [0.25, 0.3) is 0 Å². The molecule has 34 heavy (non-hydrogen) atoms. The number of rotatable bonds is 8. The normalized spacial score (nSPS) is 15.6. The van der Waals surface area contributed by atoms with Gasteiger partial charge in [-0.15, -0.1) is 11.3 Å². The van der Waals surface area contributed by atoms with E-state index in [1.807, 2.05) is 11.0 Å². The predicted molar refractivity (Wildman–Crippen MR) is 136 cm³/mol. The van der Waals surface area contributed by atoms with E-state index in [2.05, 4.69) is 24.3 Å². The minimum absolute atomic E-state index is 0.0142. The molecule has 0 bridgehead atoms. The molecular formula is C26H30N2O4S2. The Bertz CT molecular complexity index is 1170. The van der Waals surface area contributed by atoms with E-state index in [9.17, 15) is 13.2 Å². The van der Waals surface area contributed by atoms with Crippen LogP contribution in [0.1, 0.15) is 25.3 Å². The van der Waals surface area contributed by atoms with Crippen LogP contribution in [0.5, 0.6) is 5.75 Å². The van der Waals surface area contributed by atoms with Crippen molar-refractivity contribution >= 4 is 33.0 Å². The van der Waals surface area contributed by atoms with Gasteiger partial charge in [0.15, 0.2) is 6.10 Å². The number of ether oxygens (including phenoxy) is 1. The van der Waals surface area contributed by atoms with Crippen LogP contribution in [0.3, 0.4) is 0 Å². The van der Waals surface area contributed by atoms with Gasteiger partial charge in [-0.3, -0.25) is 9.10 Å². The van der Waals surface area contributed by atoms with Gasteiger partial charge in [0.05, 0.1) is 5.69 Å². The second kappa shape index (κ2) is 10.6. The lowest BCUT2D eigenvalue weighted by atomic mass is 9.90. The largest absolute Gasteiger partial charge is 0.481 e. The van der Waals surface area contributed by atoms with Gasteiger partial charge in [-0.25, -0.2) is 8.42 Å². The first-order chi connectivity index (χ1) is 16.3. The second-order valence-electron chi connectivity index (χ2n) is 8.62. The van der Waals surface area contributed by atoms with E-state index in [-0.39, 0.29) is 5.91 Å². The van der Waals surface area contributed by atoms with Crippen LogP contribution in [0.4, 0.5) is 5.69 Å². The lowest BCUT2D eigenvalue weighted by molar-refractivity contribution is -0.139. The third-order valence-corrected chi connectivity index (χ3v) is 9.42. The monoisotopic (exact) mass is 498 g/mol. The molecule has 0 radical (unpaired) electrons. The topological polar surface area (TPSA) is 66.9 Å². The van der Waals surface area contributed by atoms with Crippen molar-refractivity contribution in [2.45, 2.75) is 36.5 Å². The summed E-state index contributed by atoms with van der Waals surface area (Å²) in [5.74, 6) is 1.11. The number of carbonyl (C=O) groups is 1. The summed E-state index contributed by atoms with van der Waals surface area (Å²) in [6.07, 6.45) is 2.43. The van der Waals surface area contributed by atoms with Gasteiger partial charge in [0.2, 0.25) is 0 Å². The molecule has 1 aromatic heterocycles. The third kappa shape index (κ3) is 5.62. The number of amides is 1. The highest BCUT2D eigenvalue weighted by Crippen LogP contribution is 2.27. The minimum atomic E-state index is -3.59. The Morgan fingerprint density at radius 3 is 2.35 bits per heavy atom. The van der Waals surface area contributed by atoms with Crippen LogP contribution in [0, 0.1) is 5.92 Å². The highest BCUT2D eigenvalue weighted by Gasteiger charge is 2.27. The molecule has 2 aromatic carbocycles. The molecule has 1 amide bonds. The molecule has 1 atom stereocenters. The van der Waals surface area contributed by atoms with Crippen molar-refractivity contribution < 1.29 is 17.9 Å². The molecule has 180 valence electrons. The van der Waals surface area contributed by atoms with E-state index in [1.54, 1.807) is 48.7 Å². The lowest BCUT2D eigenvalue weighted by Gasteiger charge is -2.33. The number of anilines is 1. The van der Waals surface area contributed by atoms with Crippen LogP contribution in [-0.2, 0) is 21.2 Å². The fourth-order valence-corrected chi connectivity index (χ4v) is 6.59. The average molecular weight is 499 g/mol. The summed E-state index contributed by atoms with van der Waals surface area (Å²) in [7, 11) is -2.06. The molecule has 0 saturated carbocycles. The average Bonchev–Trinajstić information content (AvgIpc) is 3.41. The standard InChI is InChI=1S/C26H30N2O4S2/c1-20(26(29)28-16-14-22(15-17-28)19-21-7-4-3-5-8-21)32-24-12-10-23(11-13-24)27(2)34(30,31)25-9-6-18-33-25/h3-13,18,20,22H,14-17,19H2,1-2H3. The second-order valence-corrected chi connectivity index (χ2v) is 11.8. The molecule has 0 spiro atoms. The number of piperidine rings is 1. The van der Waals surface area contributed by atoms with Crippen molar-refractivity contribution in [2.75, 3.05) is 24.4 Å². The molecule has 4 rings (SSSR count). The highest BCUT2D eigenvalue weighted by molar-refractivity contribution is 7.94. The van der Waals surface area contributed by atoms with E-state index in [1.165, 1.54) is 28.3 Å². The van der Waals surface area contributed by atoms with Crippen molar-refractivity contribution in [3.63, 3.8) is 0 Å². The van der Waals surface area contributed by atoms with Crippen LogP contribution in [0.2, 0.25) is 0 Å². The zero-order valence-electron chi connectivity index (χ0n) is 19.5. The summed E-state index contributed by atoms with van der Waals surface area (Å²) in [5.41, 5.74) is 1.88. The summed E-state index contributed by atoms with van der Waals surface area (Å²) >= 11 is 1.18. The molecule has 2 heterocycles. The quantitative estimate of drug-likeness (QED) is 0.447. The first-order valence-electron chi connectivity index (χ1n) is 11.5. The number of sulfonamides is 1. The van der Waals surface area contributed by atoms with Crippen molar-refractivity contribution in [1.82, 2.24) is 4.90 Å². The van der Waals surface area contributed by atoms with Crippen LogP contribution >= 0.6 is 11.3 Å². The first-order valence-corrected chi connectivity index (χ1v) is 13.8. The van der Waals surface area contributed by atoms with Crippen molar-refractivity contribution in [3.8, 4) is 5.75 Å². The molecule has 1 fully saturated rings. The molecule has 0 aliphatic carbocycles. The number of hydrogen-bond donors (Lipinski definition) is 0. The number of benzene rings is 2. The fraction of sp³-hybridized carbons (Fsp3) is 0.346. The van der Waals surface area contributed by atoms with E-state index < -0.39 is 16.1 Å². The lowest BCUT2D eigenvalue weighted by Crippen LogP contribution is -2.45. The summed E-state index contributed by atoms with van der Waals surface area (Å²) in [4.78, 5) is 14.8. The molecule has 1 saturated heterocycles. The van der Waals surface area contributed by atoms with Gasteiger partial charge in [0.1, 0.15) is 9.96 Å². The Kier molecular flexibility index (Phi) is 7.58. The first kappa shape index (κ1) is 24.3. The molecule has 8 heteroatoms. The molecule has 1 aliphatic rings. The zero-order chi connectivity index (χ0) is 24.1. The Morgan fingerprint density at radius 2 is 1.74 bits per heavy atom. The molecule has 3 aromatic rings. The Labute approximate surface area is 205 Å². The smallest absolute Gasteiger partial charge is 0.273 e. The predicted octanol–water partition coefficient (Wildman–Crippen LogP) is 4.82. The summed E-state index contributed by atoms with van der Waals surface area (Å²) in [6, 6.07) is 20.6. The maximum atomic E-state index is 12.9.